The zero-order valence-corrected chi connectivity index (χ0v) is 13.1. The maximum atomic E-state index is 13.0. The van der Waals surface area contributed by atoms with Crippen molar-refractivity contribution in [1.82, 2.24) is 0 Å². The minimum Gasteiger partial charge on any atom is -0.274 e. The molecule has 4 rings (SSSR count). The molecule has 1 saturated carbocycles. The largest absolute Gasteiger partial charge is 0.274 e. The fourth-order valence-corrected chi connectivity index (χ4v) is 4.63. The average Bonchev–Trinajstić information content (AvgIpc) is 3.21. The molecule has 0 spiro atoms. The van der Waals surface area contributed by atoms with E-state index in [9.17, 15) is 9.59 Å². The third kappa shape index (κ3) is 1.62. The molecule has 2 amide bonds. The smallest absolute Gasteiger partial charge is 0.238 e. The quantitative estimate of drug-likeness (QED) is 0.634. The Balaban J connectivity index is 1.82. The van der Waals surface area contributed by atoms with Crippen molar-refractivity contribution in [3.05, 3.63) is 41.5 Å². The number of rotatable bonds is 3. The zero-order valence-electron chi connectivity index (χ0n) is 13.1. The Morgan fingerprint density at radius 3 is 1.91 bits per heavy atom. The number of hydrogen-bond acceptors (Lipinski definition) is 2. The molecule has 3 nitrogen and oxygen atoms in total. The van der Waals surface area contributed by atoms with E-state index < -0.39 is 0 Å². The van der Waals surface area contributed by atoms with Gasteiger partial charge in [-0.05, 0) is 42.2 Å². The van der Waals surface area contributed by atoms with E-state index in [1.165, 1.54) is 4.90 Å². The van der Waals surface area contributed by atoms with E-state index in [1.807, 2.05) is 18.2 Å². The summed E-state index contributed by atoms with van der Waals surface area (Å²) in [6, 6.07) is 6.10. The number of aryl methyl sites for hydroxylation is 2. The molecule has 0 N–H and O–H groups in total. The first kappa shape index (κ1) is 13.7. The first-order chi connectivity index (χ1) is 10.7. The van der Waals surface area contributed by atoms with Gasteiger partial charge in [0.25, 0.3) is 0 Å². The van der Waals surface area contributed by atoms with E-state index in [1.54, 1.807) is 0 Å². The second-order valence-corrected chi connectivity index (χ2v) is 6.64. The summed E-state index contributed by atoms with van der Waals surface area (Å²) in [6.07, 6.45) is 6.94. The van der Waals surface area contributed by atoms with Gasteiger partial charge in [-0.3, -0.25) is 9.59 Å². The number of anilines is 1. The van der Waals surface area contributed by atoms with E-state index in [0.29, 0.717) is 0 Å². The Kier molecular flexibility index (Phi) is 3.00. The summed E-state index contributed by atoms with van der Waals surface area (Å²) in [4.78, 5) is 27.5. The molecule has 2 bridgehead atoms. The van der Waals surface area contributed by atoms with Gasteiger partial charge in [-0.2, -0.15) is 0 Å². The van der Waals surface area contributed by atoms with Crippen LogP contribution in [0.3, 0.4) is 0 Å². The van der Waals surface area contributed by atoms with Crippen LogP contribution in [0.2, 0.25) is 0 Å². The highest BCUT2D eigenvalue weighted by Gasteiger charge is 2.59. The number of amides is 2. The van der Waals surface area contributed by atoms with Gasteiger partial charge in [-0.1, -0.05) is 44.2 Å². The number of nitrogens with zero attached hydrogens (tertiary/aromatic N) is 1. The van der Waals surface area contributed by atoms with Crippen molar-refractivity contribution in [2.45, 2.75) is 33.1 Å². The summed E-state index contributed by atoms with van der Waals surface area (Å²) < 4.78 is 0. The van der Waals surface area contributed by atoms with Crippen molar-refractivity contribution >= 4 is 17.5 Å². The molecule has 3 aliphatic rings. The monoisotopic (exact) mass is 295 g/mol. The Hall–Kier alpha value is -1.90. The lowest BCUT2D eigenvalue weighted by Crippen LogP contribution is -2.34. The minimum absolute atomic E-state index is 0.0300. The van der Waals surface area contributed by atoms with Crippen molar-refractivity contribution in [2.24, 2.45) is 23.7 Å². The molecule has 1 aromatic rings. The van der Waals surface area contributed by atoms with Gasteiger partial charge in [-0.15, -0.1) is 0 Å². The van der Waals surface area contributed by atoms with E-state index >= 15 is 0 Å². The van der Waals surface area contributed by atoms with Crippen LogP contribution < -0.4 is 4.90 Å². The number of fused-ring (bicyclic) bond motifs is 5. The van der Waals surface area contributed by atoms with Crippen molar-refractivity contribution in [3.63, 3.8) is 0 Å². The molecule has 1 aromatic carbocycles. The number of benzene rings is 1. The van der Waals surface area contributed by atoms with Crippen molar-refractivity contribution < 1.29 is 9.59 Å². The van der Waals surface area contributed by atoms with Crippen LogP contribution in [-0.2, 0) is 22.4 Å². The van der Waals surface area contributed by atoms with Crippen LogP contribution in [0, 0.1) is 23.7 Å². The molecule has 3 heteroatoms. The van der Waals surface area contributed by atoms with Gasteiger partial charge in [0, 0.05) is 0 Å². The fraction of sp³-hybridized carbons (Fsp3) is 0.474. The predicted molar refractivity (Wildman–Crippen MR) is 85.4 cm³/mol. The molecule has 22 heavy (non-hydrogen) atoms. The van der Waals surface area contributed by atoms with E-state index in [4.69, 9.17) is 0 Å². The normalized spacial score (nSPS) is 32.2. The number of para-hydroxylation sites is 1. The van der Waals surface area contributed by atoms with Gasteiger partial charge < -0.3 is 0 Å². The molecule has 1 heterocycles. The molecule has 0 unspecified atom stereocenters. The third-order valence-corrected chi connectivity index (χ3v) is 5.66. The topological polar surface area (TPSA) is 37.4 Å². The summed E-state index contributed by atoms with van der Waals surface area (Å²) in [5.41, 5.74) is 3.07. The van der Waals surface area contributed by atoms with Crippen LogP contribution in [0.4, 0.5) is 5.69 Å². The summed E-state index contributed by atoms with van der Waals surface area (Å²) in [6.45, 7) is 4.16. The Morgan fingerprint density at radius 1 is 0.955 bits per heavy atom. The highest BCUT2D eigenvalue weighted by atomic mass is 16.2. The minimum atomic E-state index is -0.114. The number of allylic oxidation sites excluding steroid dienone is 2. The predicted octanol–water partition coefficient (Wildman–Crippen LogP) is 3.12. The first-order valence-corrected chi connectivity index (χ1v) is 8.34. The highest BCUT2D eigenvalue weighted by molar-refractivity contribution is 6.23. The summed E-state index contributed by atoms with van der Waals surface area (Å²) in [5.74, 6) is 0.379. The van der Waals surface area contributed by atoms with Gasteiger partial charge in [0.1, 0.15) is 0 Å². The second-order valence-electron chi connectivity index (χ2n) is 6.64. The summed E-state index contributed by atoms with van der Waals surface area (Å²) >= 11 is 0. The van der Waals surface area contributed by atoms with E-state index in [0.717, 1.165) is 36.1 Å². The standard InChI is InChI=1S/C19H21NO2/c1-3-11-6-5-7-12(4-2)17(11)20-18(21)15-13-8-9-14(10-13)16(15)19(20)22/h5-9,13-16H,3-4,10H2,1-2H3/t13-,14+,15-,16-/m1/s1. The number of imide groups is 1. The maximum Gasteiger partial charge on any atom is 0.238 e. The van der Waals surface area contributed by atoms with Crippen molar-refractivity contribution in [3.8, 4) is 0 Å². The van der Waals surface area contributed by atoms with Gasteiger partial charge in [-0.25, -0.2) is 4.90 Å². The Morgan fingerprint density at radius 2 is 1.45 bits per heavy atom. The lowest BCUT2D eigenvalue weighted by atomic mass is 9.85. The van der Waals surface area contributed by atoms with Crippen molar-refractivity contribution in [1.29, 1.82) is 0 Å². The molecular formula is C19H21NO2. The van der Waals surface area contributed by atoms with E-state index in [2.05, 4.69) is 26.0 Å². The van der Waals surface area contributed by atoms with Crippen LogP contribution in [0.25, 0.3) is 0 Å². The molecule has 114 valence electrons. The first-order valence-electron chi connectivity index (χ1n) is 8.34. The second kappa shape index (κ2) is 4.80. The molecule has 2 fully saturated rings. The molecular weight excluding hydrogens is 274 g/mol. The van der Waals surface area contributed by atoms with Gasteiger partial charge in [0.2, 0.25) is 11.8 Å². The molecule has 4 atom stereocenters. The number of hydrogen-bond donors (Lipinski definition) is 0. The fourth-order valence-electron chi connectivity index (χ4n) is 4.63. The van der Waals surface area contributed by atoms with Gasteiger partial charge in [0.05, 0.1) is 17.5 Å². The van der Waals surface area contributed by atoms with E-state index in [-0.39, 0.29) is 35.5 Å². The Bertz CT molecular complexity index is 638. The molecule has 1 saturated heterocycles. The third-order valence-electron chi connectivity index (χ3n) is 5.66. The molecule has 2 aliphatic carbocycles. The maximum absolute atomic E-state index is 13.0. The summed E-state index contributed by atoms with van der Waals surface area (Å²) in [7, 11) is 0. The van der Waals surface area contributed by atoms with Crippen LogP contribution >= 0.6 is 0 Å². The van der Waals surface area contributed by atoms with Crippen LogP contribution in [0.1, 0.15) is 31.4 Å². The highest BCUT2D eigenvalue weighted by Crippen LogP contribution is 2.53. The average molecular weight is 295 g/mol. The van der Waals surface area contributed by atoms with Crippen LogP contribution in [-0.4, -0.2) is 11.8 Å². The number of carbonyl (C=O) groups is 2. The zero-order chi connectivity index (χ0) is 15.4. The van der Waals surface area contributed by atoms with Crippen LogP contribution in [0.5, 0.6) is 0 Å². The van der Waals surface area contributed by atoms with Crippen molar-refractivity contribution in [2.75, 3.05) is 4.90 Å². The molecule has 0 radical (unpaired) electrons. The van der Waals surface area contributed by atoms with Gasteiger partial charge in [0.15, 0.2) is 0 Å². The van der Waals surface area contributed by atoms with Crippen LogP contribution in [0.15, 0.2) is 30.4 Å². The molecule has 1 aliphatic heterocycles. The lowest BCUT2D eigenvalue weighted by molar-refractivity contribution is -0.123. The molecule has 0 aromatic heterocycles. The summed E-state index contributed by atoms with van der Waals surface area (Å²) in [5, 5.41) is 0. The number of carbonyl (C=O) groups excluding carboxylic acids is 2. The Labute approximate surface area is 131 Å². The van der Waals surface area contributed by atoms with Gasteiger partial charge >= 0.3 is 0 Å². The lowest BCUT2D eigenvalue weighted by Gasteiger charge is -2.23. The SMILES string of the molecule is CCc1cccc(CC)c1N1C(=O)[C@H]2[C@H](C1=O)[C@H]1C=C[C@@H]2C1.